The van der Waals surface area contributed by atoms with E-state index in [1.54, 1.807) is 20.3 Å². The predicted octanol–water partition coefficient (Wildman–Crippen LogP) is 4.13. The van der Waals surface area contributed by atoms with E-state index in [4.69, 9.17) is 14.6 Å². The van der Waals surface area contributed by atoms with E-state index in [9.17, 15) is 14.7 Å². The fourth-order valence-corrected chi connectivity index (χ4v) is 4.12. The highest BCUT2D eigenvalue weighted by Gasteiger charge is 2.27. The maximum absolute atomic E-state index is 13.5. The van der Waals surface area contributed by atoms with E-state index in [2.05, 4.69) is 36.1 Å². The SMILES string of the molecule is CCC(C)(CC)Cn1nc(C(=O)N/C(=C/C(C)C)CC(O)NCC(=O)OC)cc1-c1c(OC)cccc1OC. The van der Waals surface area contributed by atoms with Gasteiger partial charge in [0, 0.05) is 18.7 Å². The fraction of sp³-hybridized carbons (Fsp3) is 0.552. The second-order valence-electron chi connectivity index (χ2n) is 10.2. The van der Waals surface area contributed by atoms with Gasteiger partial charge in [-0.3, -0.25) is 19.6 Å². The van der Waals surface area contributed by atoms with Gasteiger partial charge in [0.25, 0.3) is 5.91 Å². The molecule has 3 N–H and O–H groups in total. The van der Waals surface area contributed by atoms with Gasteiger partial charge in [0.2, 0.25) is 0 Å². The quantitative estimate of drug-likeness (QED) is 0.226. The molecule has 2 rings (SSSR count). The van der Waals surface area contributed by atoms with Gasteiger partial charge in [0.15, 0.2) is 5.69 Å². The standard InChI is InChI=1S/C29H44N4O6/c1-9-29(5,10-2)18-33-22(27-23(37-6)12-11-13-24(27)38-7)16-21(32-33)28(36)31-20(14-19(3)4)15-25(34)30-17-26(35)39-8/h11-14,16,19,25,30,34H,9-10,15,17-18H2,1-8H3,(H,31,36)/b20-14+. The maximum Gasteiger partial charge on any atom is 0.319 e. The molecule has 10 heteroatoms. The zero-order chi connectivity index (χ0) is 29.2. The Bertz CT molecular complexity index is 1110. The van der Waals surface area contributed by atoms with Crippen molar-refractivity contribution in [3.63, 3.8) is 0 Å². The molecule has 1 atom stereocenters. The van der Waals surface area contributed by atoms with Gasteiger partial charge >= 0.3 is 5.97 Å². The van der Waals surface area contributed by atoms with Crippen LogP contribution in [0.25, 0.3) is 11.3 Å². The van der Waals surface area contributed by atoms with Crippen molar-refractivity contribution in [2.75, 3.05) is 27.9 Å². The maximum atomic E-state index is 13.5. The van der Waals surface area contributed by atoms with E-state index < -0.39 is 18.1 Å². The van der Waals surface area contributed by atoms with Crippen LogP contribution in [0.4, 0.5) is 0 Å². The Morgan fingerprint density at radius 3 is 2.26 bits per heavy atom. The van der Waals surface area contributed by atoms with Crippen molar-refractivity contribution in [1.29, 1.82) is 0 Å². The molecule has 216 valence electrons. The van der Waals surface area contributed by atoms with Gasteiger partial charge in [-0.05, 0) is 42.4 Å². The second kappa shape index (κ2) is 14.7. The van der Waals surface area contributed by atoms with E-state index in [0.717, 1.165) is 12.8 Å². The summed E-state index contributed by atoms with van der Waals surface area (Å²) >= 11 is 0. The molecule has 0 aliphatic rings. The van der Waals surface area contributed by atoms with Gasteiger partial charge in [-0.2, -0.15) is 5.10 Å². The summed E-state index contributed by atoms with van der Waals surface area (Å²) in [5.41, 5.74) is 2.11. The number of nitrogens with zero attached hydrogens (tertiary/aromatic N) is 2. The molecule has 1 aromatic heterocycles. The molecule has 1 aromatic carbocycles. The molecular formula is C29H44N4O6. The van der Waals surface area contributed by atoms with Crippen LogP contribution in [0.3, 0.4) is 0 Å². The van der Waals surface area contributed by atoms with Crippen molar-refractivity contribution in [2.24, 2.45) is 11.3 Å². The van der Waals surface area contributed by atoms with E-state index in [-0.39, 0.29) is 30.0 Å². The predicted molar refractivity (Wildman–Crippen MR) is 150 cm³/mol. The number of methoxy groups -OCH3 is 3. The molecule has 0 aliphatic heterocycles. The third-order valence-corrected chi connectivity index (χ3v) is 6.87. The number of aliphatic hydroxyl groups excluding tert-OH is 1. The van der Waals surface area contributed by atoms with Crippen LogP contribution in [-0.2, 0) is 16.1 Å². The van der Waals surface area contributed by atoms with E-state index in [1.807, 2.05) is 42.8 Å². The van der Waals surface area contributed by atoms with E-state index in [0.29, 0.717) is 35.0 Å². The zero-order valence-electron chi connectivity index (χ0n) is 24.5. The zero-order valence-corrected chi connectivity index (χ0v) is 24.5. The molecule has 0 fully saturated rings. The second-order valence-corrected chi connectivity index (χ2v) is 10.2. The topological polar surface area (TPSA) is 124 Å². The third-order valence-electron chi connectivity index (χ3n) is 6.87. The number of nitrogens with one attached hydrogen (secondary N) is 2. The summed E-state index contributed by atoms with van der Waals surface area (Å²) in [6.45, 7) is 10.9. The Hall–Kier alpha value is -3.37. The smallest absolute Gasteiger partial charge is 0.319 e. The molecule has 0 bridgehead atoms. The molecule has 1 amide bonds. The number of amides is 1. The Balaban J connectivity index is 2.47. The molecule has 0 spiro atoms. The van der Waals surface area contributed by atoms with Crippen LogP contribution in [0.15, 0.2) is 36.0 Å². The third kappa shape index (κ3) is 8.83. The highest BCUT2D eigenvalue weighted by molar-refractivity contribution is 5.95. The summed E-state index contributed by atoms with van der Waals surface area (Å²) in [7, 11) is 4.47. The average molecular weight is 545 g/mol. The lowest BCUT2D eigenvalue weighted by Gasteiger charge is -2.27. The summed E-state index contributed by atoms with van der Waals surface area (Å²) < 4.78 is 17.8. The molecule has 1 heterocycles. The van der Waals surface area contributed by atoms with E-state index >= 15 is 0 Å². The number of benzene rings is 1. The summed E-state index contributed by atoms with van der Waals surface area (Å²) in [5, 5.41) is 20.7. The van der Waals surface area contributed by atoms with Crippen LogP contribution in [0.1, 0.15) is 64.4 Å². The molecule has 0 aliphatic carbocycles. The van der Waals surface area contributed by atoms with E-state index in [1.165, 1.54) is 7.11 Å². The van der Waals surface area contributed by atoms with Crippen LogP contribution in [0, 0.1) is 11.3 Å². The molecule has 0 saturated heterocycles. The van der Waals surface area contributed by atoms with Crippen molar-refractivity contribution in [1.82, 2.24) is 20.4 Å². The van der Waals surface area contributed by atoms with Crippen molar-refractivity contribution in [3.05, 3.63) is 41.7 Å². The Morgan fingerprint density at radius 2 is 1.74 bits per heavy atom. The Labute approximate surface area is 231 Å². The van der Waals surface area contributed by atoms with Crippen molar-refractivity contribution in [2.45, 2.75) is 66.7 Å². The highest BCUT2D eigenvalue weighted by atomic mass is 16.5. The first-order valence-electron chi connectivity index (χ1n) is 13.3. The van der Waals surface area contributed by atoms with Gasteiger partial charge in [-0.1, -0.05) is 46.8 Å². The number of aliphatic hydroxyl groups is 1. The molecule has 10 nitrogen and oxygen atoms in total. The number of aromatic nitrogens is 2. The molecule has 2 aromatic rings. The first-order valence-corrected chi connectivity index (χ1v) is 13.3. The number of hydrogen-bond donors (Lipinski definition) is 3. The number of carbonyl (C=O) groups excluding carboxylic acids is 2. The molecule has 0 radical (unpaired) electrons. The first-order chi connectivity index (χ1) is 18.5. The largest absolute Gasteiger partial charge is 0.496 e. The van der Waals surface area contributed by atoms with Gasteiger partial charge in [-0.25, -0.2) is 0 Å². The van der Waals surface area contributed by atoms with Crippen LogP contribution < -0.4 is 20.1 Å². The molecule has 1 unspecified atom stereocenters. The van der Waals surface area contributed by atoms with Gasteiger partial charge in [0.05, 0.1) is 39.1 Å². The number of esters is 1. The van der Waals surface area contributed by atoms with Crippen LogP contribution in [0.2, 0.25) is 0 Å². The average Bonchev–Trinajstić information content (AvgIpc) is 3.33. The summed E-state index contributed by atoms with van der Waals surface area (Å²) in [6, 6.07) is 7.28. The van der Waals surface area contributed by atoms with Crippen molar-refractivity contribution in [3.8, 4) is 22.8 Å². The first kappa shape index (κ1) is 31.8. The lowest BCUT2D eigenvalue weighted by molar-refractivity contribution is -0.140. The molecule has 0 saturated carbocycles. The normalized spacial score (nSPS) is 12.8. The Morgan fingerprint density at radius 1 is 1.13 bits per heavy atom. The van der Waals surface area contributed by atoms with Crippen molar-refractivity contribution >= 4 is 11.9 Å². The minimum Gasteiger partial charge on any atom is -0.496 e. The number of carbonyl (C=O) groups is 2. The number of allylic oxidation sites excluding steroid dienone is 1. The van der Waals surface area contributed by atoms with Gasteiger partial charge < -0.3 is 24.6 Å². The van der Waals surface area contributed by atoms with Gasteiger partial charge in [-0.15, -0.1) is 0 Å². The number of ether oxygens (including phenoxy) is 3. The highest BCUT2D eigenvalue weighted by Crippen LogP contribution is 2.40. The summed E-state index contributed by atoms with van der Waals surface area (Å²) in [4.78, 5) is 24.9. The summed E-state index contributed by atoms with van der Waals surface area (Å²) in [6.07, 6.45) is 2.75. The molecular weight excluding hydrogens is 500 g/mol. The van der Waals surface area contributed by atoms with Crippen LogP contribution >= 0.6 is 0 Å². The Kier molecular flexibility index (Phi) is 12.0. The molecule has 39 heavy (non-hydrogen) atoms. The lowest BCUT2D eigenvalue weighted by Crippen LogP contribution is -2.36. The number of rotatable bonds is 15. The number of hydrogen-bond acceptors (Lipinski definition) is 8. The minimum absolute atomic E-state index is 0.0398. The van der Waals surface area contributed by atoms with Crippen LogP contribution in [0.5, 0.6) is 11.5 Å². The lowest BCUT2D eigenvalue weighted by atomic mass is 9.84. The van der Waals surface area contributed by atoms with Gasteiger partial charge in [0.1, 0.15) is 17.7 Å². The fourth-order valence-electron chi connectivity index (χ4n) is 4.12. The monoisotopic (exact) mass is 544 g/mol. The minimum atomic E-state index is -1.06. The van der Waals surface area contributed by atoms with Crippen LogP contribution in [-0.4, -0.2) is 60.9 Å². The van der Waals surface area contributed by atoms with Crippen molar-refractivity contribution < 1.29 is 28.9 Å². The summed E-state index contributed by atoms with van der Waals surface area (Å²) in [5.74, 6) is 0.415.